The average molecular weight is 1020 g/mol. The van der Waals surface area contributed by atoms with E-state index in [0.29, 0.717) is 6.42 Å². The van der Waals surface area contributed by atoms with E-state index in [1.165, 1.54) is 70.6 Å². The van der Waals surface area contributed by atoms with Gasteiger partial charge in [-0.3, -0.25) is 4.79 Å². The quantitative estimate of drug-likeness (QED) is 0.0261. The number of aliphatic hydroxyl groups is 5. The number of rotatable bonds is 47. The van der Waals surface area contributed by atoms with Gasteiger partial charge in [0.1, 0.15) is 24.4 Å². The van der Waals surface area contributed by atoms with Crippen molar-refractivity contribution in [3.8, 4) is 0 Å². The number of ether oxygens (including phenoxy) is 2. The Morgan fingerprint density at radius 1 is 0.479 bits per heavy atom. The van der Waals surface area contributed by atoms with E-state index in [1.807, 2.05) is 6.08 Å². The van der Waals surface area contributed by atoms with Crippen LogP contribution in [0.25, 0.3) is 0 Å². The predicted molar refractivity (Wildman–Crippen MR) is 308 cm³/mol. The predicted octanol–water partition coefficient (Wildman–Crippen LogP) is 14.5. The van der Waals surface area contributed by atoms with E-state index in [9.17, 15) is 30.3 Å². The number of aliphatic hydroxyl groups excluding tert-OH is 5. The highest BCUT2D eigenvalue weighted by Crippen LogP contribution is 2.22. The first-order valence-electron chi connectivity index (χ1n) is 28.9. The highest BCUT2D eigenvalue weighted by molar-refractivity contribution is 5.76. The van der Waals surface area contributed by atoms with E-state index in [0.717, 1.165) is 116 Å². The van der Waals surface area contributed by atoms with Crippen LogP contribution in [0.2, 0.25) is 0 Å². The summed E-state index contributed by atoms with van der Waals surface area (Å²) in [4.78, 5) is 13.0. The van der Waals surface area contributed by atoms with Gasteiger partial charge in [-0.2, -0.15) is 0 Å². The van der Waals surface area contributed by atoms with Crippen molar-refractivity contribution >= 4 is 5.91 Å². The normalized spacial score (nSPS) is 20.1. The minimum Gasteiger partial charge on any atom is -0.394 e. The minimum absolute atomic E-state index is 0.206. The summed E-state index contributed by atoms with van der Waals surface area (Å²) in [7, 11) is 0. The van der Waals surface area contributed by atoms with Gasteiger partial charge in [-0.05, 0) is 109 Å². The Balaban J connectivity index is 2.25. The largest absolute Gasteiger partial charge is 0.394 e. The Morgan fingerprint density at radius 3 is 1.32 bits per heavy atom. The number of nitrogens with one attached hydrogen (secondary N) is 1. The van der Waals surface area contributed by atoms with Crippen molar-refractivity contribution in [1.82, 2.24) is 5.32 Å². The maximum atomic E-state index is 13.0. The average Bonchev–Trinajstić information content (AvgIpc) is 3.39. The molecule has 1 saturated heterocycles. The second-order valence-corrected chi connectivity index (χ2v) is 19.3. The maximum Gasteiger partial charge on any atom is 0.220 e. The van der Waals surface area contributed by atoms with Crippen molar-refractivity contribution in [3.63, 3.8) is 0 Å². The standard InChI is InChI=1S/C64H105NO8/c1-3-5-7-9-11-13-15-17-19-21-22-23-24-25-26-27-28-29-30-31-32-33-34-35-36-38-40-42-44-46-48-50-52-54-60(68)65-57(56-72-64-63(71)62(70)61(69)59(55-66)73-64)58(67)53-51-49-47-45-43-41-39-37-20-18-16-14-12-10-8-6-4-2/h5,7,11,13,17,19-20,22-23,25-26,28-29,31-32,34-35,37,43,45,51,53,57-59,61-64,66-67,69-71H,3-4,6,8-10,12,14-16,18,21,24,27,30,33,36,38-42,44,46-50,52,54-56H2,1-2H3,(H,65,68)/b7-5-,13-11-,19-17-,23-22-,26-25-,29-28-,32-31-,35-34-,37-20+,45-43+,53-51+. The zero-order chi connectivity index (χ0) is 52.9. The molecule has 1 amide bonds. The zero-order valence-corrected chi connectivity index (χ0v) is 45.8. The summed E-state index contributed by atoms with van der Waals surface area (Å²) >= 11 is 0. The molecule has 0 spiro atoms. The lowest BCUT2D eigenvalue weighted by Gasteiger charge is -2.40. The van der Waals surface area contributed by atoms with E-state index in [-0.39, 0.29) is 12.5 Å². The molecule has 1 aliphatic rings. The SMILES string of the molecule is CC/C=C\C/C=C\C/C=C\C/C=C\C/C=C\C/C=C\C/C=C\C/C=C\CCCCCCCCCCC(=O)NC(COC1OC(CO)C(O)C(O)C1O)C(O)/C=C/CC/C=C/CC/C=C/CCCCCCCCC. The molecule has 1 fully saturated rings. The first kappa shape index (κ1) is 67.3. The number of carbonyl (C=O) groups is 1. The Hall–Kier alpha value is -3.67. The van der Waals surface area contributed by atoms with Crippen molar-refractivity contribution < 1.29 is 39.8 Å². The summed E-state index contributed by atoms with van der Waals surface area (Å²) in [5, 5.41) is 54.4. The van der Waals surface area contributed by atoms with E-state index < -0.39 is 49.5 Å². The molecule has 0 saturated carbocycles. The fourth-order valence-corrected chi connectivity index (χ4v) is 8.14. The molecular weight excluding hydrogens is 911 g/mol. The summed E-state index contributed by atoms with van der Waals surface area (Å²) < 4.78 is 11.2. The van der Waals surface area contributed by atoms with Gasteiger partial charge in [0.2, 0.25) is 5.91 Å². The number of unbranched alkanes of at least 4 members (excludes halogenated alkanes) is 17. The van der Waals surface area contributed by atoms with Crippen molar-refractivity contribution in [2.75, 3.05) is 13.2 Å². The summed E-state index contributed by atoms with van der Waals surface area (Å²) in [5.74, 6) is -0.206. The van der Waals surface area contributed by atoms with Crippen LogP contribution in [0.3, 0.4) is 0 Å². The molecule has 0 aromatic heterocycles. The van der Waals surface area contributed by atoms with E-state index in [2.05, 4.69) is 141 Å². The maximum absolute atomic E-state index is 13.0. The van der Waals surface area contributed by atoms with Gasteiger partial charge in [0.15, 0.2) is 6.29 Å². The monoisotopic (exact) mass is 1020 g/mol. The molecule has 414 valence electrons. The number of carbonyl (C=O) groups excluding carboxylic acids is 1. The van der Waals surface area contributed by atoms with Crippen LogP contribution in [-0.2, 0) is 14.3 Å². The lowest BCUT2D eigenvalue weighted by molar-refractivity contribution is -0.302. The van der Waals surface area contributed by atoms with Crippen LogP contribution in [-0.4, -0.2) is 87.5 Å². The molecule has 1 aliphatic heterocycles. The lowest BCUT2D eigenvalue weighted by atomic mass is 9.99. The van der Waals surface area contributed by atoms with Crippen LogP contribution in [0.15, 0.2) is 134 Å². The number of allylic oxidation sites excluding steroid dienone is 21. The van der Waals surface area contributed by atoms with Gasteiger partial charge < -0.3 is 40.3 Å². The molecule has 0 radical (unpaired) electrons. The highest BCUT2D eigenvalue weighted by Gasteiger charge is 2.44. The second kappa shape index (κ2) is 51.8. The Bertz CT molecular complexity index is 1600. The number of hydrogen-bond donors (Lipinski definition) is 6. The van der Waals surface area contributed by atoms with Crippen LogP contribution < -0.4 is 5.32 Å². The molecule has 0 aromatic rings. The number of hydrogen-bond acceptors (Lipinski definition) is 8. The molecule has 0 bridgehead atoms. The van der Waals surface area contributed by atoms with Crippen molar-refractivity contribution in [2.45, 2.75) is 249 Å². The molecule has 73 heavy (non-hydrogen) atoms. The molecule has 0 aliphatic carbocycles. The van der Waals surface area contributed by atoms with Crippen molar-refractivity contribution in [1.29, 1.82) is 0 Å². The van der Waals surface area contributed by atoms with Crippen LogP contribution >= 0.6 is 0 Å². The topological polar surface area (TPSA) is 149 Å². The second-order valence-electron chi connectivity index (χ2n) is 19.3. The van der Waals surface area contributed by atoms with Crippen LogP contribution in [0.1, 0.15) is 206 Å². The molecule has 9 nitrogen and oxygen atoms in total. The van der Waals surface area contributed by atoms with E-state index >= 15 is 0 Å². The molecule has 7 unspecified atom stereocenters. The smallest absolute Gasteiger partial charge is 0.220 e. The molecule has 9 heteroatoms. The Kier molecular flexibility index (Phi) is 47.8. The molecular formula is C64H105NO8. The van der Waals surface area contributed by atoms with Gasteiger partial charge in [0.05, 0.1) is 25.4 Å². The first-order chi connectivity index (χ1) is 35.8. The van der Waals surface area contributed by atoms with Crippen molar-refractivity contribution in [3.05, 3.63) is 134 Å². The van der Waals surface area contributed by atoms with Crippen LogP contribution in [0, 0.1) is 0 Å². The molecule has 7 atom stereocenters. The zero-order valence-electron chi connectivity index (χ0n) is 45.8. The van der Waals surface area contributed by atoms with Gasteiger partial charge in [-0.1, -0.05) is 225 Å². The van der Waals surface area contributed by atoms with Crippen LogP contribution in [0.5, 0.6) is 0 Å². The highest BCUT2D eigenvalue weighted by atomic mass is 16.7. The van der Waals surface area contributed by atoms with E-state index in [4.69, 9.17) is 9.47 Å². The van der Waals surface area contributed by atoms with Crippen molar-refractivity contribution in [2.24, 2.45) is 0 Å². The van der Waals surface area contributed by atoms with Gasteiger partial charge in [-0.25, -0.2) is 0 Å². The molecule has 1 heterocycles. The number of amides is 1. The van der Waals surface area contributed by atoms with Gasteiger partial charge >= 0.3 is 0 Å². The Labute approximate surface area is 445 Å². The molecule has 1 rings (SSSR count). The molecule has 6 N–H and O–H groups in total. The first-order valence-corrected chi connectivity index (χ1v) is 28.9. The van der Waals surface area contributed by atoms with Gasteiger partial charge in [0.25, 0.3) is 0 Å². The van der Waals surface area contributed by atoms with Gasteiger partial charge in [-0.15, -0.1) is 0 Å². The Morgan fingerprint density at radius 2 is 0.863 bits per heavy atom. The summed E-state index contributed by atoms with van der Waals surface area (Å²) in [6, 6.07) is -0.843. The summed E-state index contributed by atoms with van der Waals surface area (Å²) in [6.45, 7) is 3.62. The summed E-state index contributed by atoms with van der Waals surface area (Å²) in [6.07, 6.45) is 72.2. The molecule has 0 aromatic carbocycles. The minimum atomic E-state index is -1.58. The van der Waals surface area contributed by atoms with Crippen LogP contribution in [0.4, 0.5) is 0 Å². The van der Waals surface area contributed by atoms with E-state index in [1.54, 1.807) is 6.08 Å². The third kappa shape index (κ3) is 41.3. The fraction of sp³-hybridized carbons (Fsp3) is 0.641. The van der Waals surface area contributed by atoms with Gasteiger partial charge in [0, 0.05) is 6.42 Å². The fourth-order valence-electron chi connectivity index (χ4n) is 8.14. The lowest BCUT2D eigenvalue weighted by Crippen LogP contribution is -2.60. The third-order valence-corrected chi connectivity index (χ3v) is 12.7. The third-order valence-electron chi connectivity index (χ3n) is 12.7. The summed E-state index contributed by atoms with van der Waals surface area (Å²) in [5.41, 5.74) is 0.